The van der Waals surface area contributed by atoms with Crippen LogP contribution >= 0.6 is 0 Å². The SMILES string of the molecule is O=C(NC1Cc2ccccc2C1)C1NCCc2ccccc21. The third-order valence-corrected chi connectivity index (χ3v) is 4.77. The highest BCUT2D eigenvalue weighted by Gasteiger charge is 2.29. The second-order valence-electron chi connectivity index (χ2n) is 6.22. The van der Waals surface area contributed by atoms with Crippen molar-refractivity contribution in [3.63, 3.8) is 0 Å². The topological polar surface area (TPSA) is 41.1 Å². The summed E-state index contributed by atoms with van der Waals surface area (Å²) in [5.74, 6) is 0.102. The predicted molar refractivity (Wildman–Crippen MR) is 86.7 cm³/mol. The fourth-order valence-electron chi connectivity index (χ4n) is 3.68. The van der Waals surface area contributed by atoms with Crippen LogP contribution in [-0.4, -0.2) is 18.5 Å². The van der Waals surface area contributed by atoms with E-state index in [-0.39, 0.29) is 18.0 Å². The number of amides is 1. The number of fused-ring (bicyclic) bond motifs is 2. The molecule has 2 aromatic carbocycles. The number of carbonyl (C=O) groups excluding carboxylic acids is 1. The summed E-state index contributed by atoms with van der Waals surface area (Å²) in [4.78, 5) is 12.7. The summed E-state index contributed by atoms with van der Waals surface area (Å²) in [5.41, 5.74) is 5.15. The number of carbonyl (C=O) groups is 1. The first-order valence-electron chi connectivity index (χ1n) is 7.99. The van der Waals surface area contributed by atoms with Crippen LogP contribution in [0.25, 0.3) is 0 Å². The fraction of sp³-hybridized carbons (Fsp3) is 0.316. The molecule has 0 saturated heterocycles. The molecule has 1 unspecified atom stereocenters. The summed E-state index contributed by atoms with van der Waals surface area (Å²) < 4.78 is 0. The molecular formula is C19H20N2O. The second kappa shape index (κ2) is 5.58. The van der Waals surface area contributed by atoms with Crippen molar-refractivity contribution in [2.45, 2.75) is 31.3 Å². The summed E-state index contributed by atoms with van der Waals surface area (Å²) in [5, 5.41) is 6.59. The maximum atomic E-state index is 12.7. The van der Waals surface area contributed by atoms with Gasteiger partial charge in [0, 0.05) is 12.6 Å². The van der Waals surface area contributed by atoms with E-state index in [9.17, 15) is 4.79 Å². The molecule has 3 nitrogen and oxygen atoms in total. The molecule has 0 aromatic heterocycles. The van der Waals surface area contributed by atoms with Gasteiger partial charge in [-0.05, 0) is 41.5 Å². The lowest BCUT2D eigenvalue weighted by atomic mass is 9.93. The largest absolute Gasteiger partial charge is 0.351 e. The zero-order valence-corrected chi connectivity index (χ0v) is 12.5. The first kappa shape index (κ1) is 13.5. The molecule has 3 heteroatoms. The molecule has 112 valence electrons. The molecule has 0 spiro atoms. The van der Waals surface area contributed by atoms with Gasteiger partial charge in [-0.15, -0.1) is 0 Å². The van der Waals surface area contributed by atoms with Crippen LogP contribution in [-0.2, 0) is 24.1 Å². The highest BCUT2D eigenvalue weighted by Crippen LogP contribution is 2.25. The zero-order chi connectivity index (χ0) is 14.9. The van der Waals surface area contributed by atoms with Gasteiger partial charge in [0.25, 0.3) is 0 Å². The van der Waals surface area contributed by atoms with Crippen LogP contribution in [0, 0.1) is 0 Å². The third kappa shape index (κ3) is 2.42. The third-order valence-electron chi connectivity index (χ3n) is 4.77. The van der Waals surface area contributed by atoms with E-state index in [2.05, 4.69) is 47.0 Å². The molecule has 22 heavy (non-hydrogen) atoms. The number of rotatable bonds is 2. The molecule has 2 aliphatic rings. The van der Waals surface area contributed by atoms with Gasteiger partial charge in [-0.2, -0.15) is 0 Å². The molecule has 1 amide bonds. The van der Waals surface area contributed by atoms with E-state index < -0.39 is 0 Å². The lowest BCUT2D eigenvalue weighted by Gasteiger charge is -2.27. The Morgan fingerprint density at radius 1 is 0.955 bits per heavy atom. The first-order chi connectivity index (χ1) is 10.8. The smallest absolute Gasteiger partial charge is 0.241 e. The van der Waals surface area contributed by atoms with Crippen molar-refractivity contribution < 1.29 is 4.79 Å². The highest BCUT2D eigenvalue weighted by molar-refractivity contribution is 5.84. The molecular weight excluding hydrogens is 272 g/mol. The second-order valence-corrected chi connectivity index (χ2v) is 6.22. The Kier molecular flexibility index (Phi) is 3.43. The quantitative estimate of drug-likeness (QED) is 0.890. The number of benzene rings is 2. The Hall–Kier alpha value is -2.13. The Morgan fingerprint density at radius 2 is 1.59 bits per heavy atom. The van der Waals surface area contributed by atoms with Gasteiger partial charge >= 0.3 is 0 Å². The van der Waals surface area contributed by atoms with Gasteiger partial charge in [0.2, 0.25) is 5.91 Å². The van der Waals surface area contributed by atoms with E-state index in [1.165, 1.54) is 16.7 Å². The molecule has 0 saturated carbocycles. The molecule has 0 radical (unpaired) electrons. The Labute approximate surface area is 130 Å². The van der Waals surface area contributed by atoms with Gasteiger partial charge < -0.3 is 10.6 Å². The van der Waals surface area contributed by atoms with Crippen LogP contribution in [0.3, 0.4) is 0 Å². The van der Waals surface area contributed by atoms with Crippen LogP contribution in [0.15, 0.2) is 48.5 Å². The van der Waals surface area contributed by atoms with Crippen LogP contribution in [0.4, 0.5) is 0 Å². The van der Waals surface area contributed by atoms with Crippen molar-refractivity contribution in [1.82, 2.24) is 10.6 Å². The van der Waals surface area contributed by atoms with Gasteiger partial charge in [0.05, 0.1) is 0 Å². The van der Waals surface area contributed by atoms with E-state index >= 15 is 0 Å². The lowest BCUT2D eigenvalue weighted by molar-refractivity contribution is -0.124. The molecule has 2 N–H and O–H groups in total. The summed E-state index contributed by atoms with van der Waals surface area (Å²) in [6.45, 7) is 0.861. The van der Waals surface area contributed by atoms with Gasteiger partial charge in [-0.25, -0.2) is 0 Å². The Morgan fingerprint density at radius 3 is 2.32 bits per heavy atom. The maximum Gasteiger partial charge on any atom is 0.241 e. The highest BCUT2D eigenvalue weighted by atomic mass is 16.2. The van der Waals surface area contributed by atoms with Crippen LogP contribution in [0.1, 0.15) is 28.3 Å². The van der Waals surface area contributed by atoms with E-state index in [0.29, 0.717) is 0 Å². The molecule has 1 aliphatic heterocycles. The minimum atomic E-state index is -0.214. The van der Waals surface area contributed by atoms with E-state index in [0.717, 1.165) is 31.4 Å². The summed E-state index contributed by atoms with van der Waals surface area (Å²) in [7, 11) is 0. The van der Waals surface area contributed by atoms with Gasteiger partial charge in [0.15, 0.2) is 0 Å². The average molecular weight is 292 g/mol. The van der Waals surface area contributed by atoms with E-state index in [1.54, 1.807) is 0 Å². The molecule has 1 aliphatic carbocycles. The van der Waals surface area contributed by atoms with Crippen molar-refractivity contribution in [1.29, 1.82) is 0 Å². The Bertz CT molecular complexity index is 685. The summed E-state index contributed by atoms with van der Waals surface area (Å²) in [6.07, 6.45) is 2.88. The van der Waals surface area contributed by atoms with Crippen molar-refractivity contribution >= 4 is 5.91 Å². The fourth-order valence-corrected chi connectivity index (χ4v) is 3.68. The molecule has 0 fully saturated rings. The van der Waals surface area contributed by atoms with E-state index in [1.807, 2.05) is 12.1 Å². The van der Waals surface area contributed by atoms with Crippen LogP contribution in [0.5, 0.6) is 0 Å². The van der Waals surface area contributed by atoms with Crippen LogP contribution < -0.4 is 10.6 Å². The van der Waals surface area contributed by atoms with Crippen molar-refractivity contribution in [2.75, 3.05) is 6.54 Å². The van der Waals surface area contributed by atoms with E-state index in [4.69, 9.17) is 0 Å². The summed E-state index contributed by atoms with van der Waals surface area (Å²) in [6, 6.07) is 16.7. The molecule has 1 heterocycles. The first-order valence-corrected chi connectivity index (χ1v) is 7.99. The minimum absolute atomic E-state index is 0.102. The van der Waals surface area contributed by atoms with Gasteiger partial charge in [0.1, 0.15) is 6.04 Å². The molecule has 2 aromatic rings. The average Bonchev–Trinajstić information content (AvgIpc) is 2.96. The predicted octanol–water partition coefficient (Wildman–Crippen LogP) is 2.16. The van der Waals surface area contributed by atoms with Crippen molar-refractivity contribution in [3.8, 4) is 0 Å². The Balaban J connectivity index is 1.48. The summed E-state index contributed by atoms with van der Waals surface area (Å²) >= 11 is 0. The molecule has 4 rings (SSSR count). The van der Waals surface area contributed by atoms with Crippen molar-refractivity contribution in [3.05, 3.63) is 70.8 Å². The maximum absolute atomic E-state index is 12.7. The molecule has 1 atom stereocenters. The zero-order valence-electron chi connectivity index (χ0n) is 12.5. The van der Waals surface area contributed by atoms with Gasteiger partial charge in [-0.1, -0.05) is 48.5 Å². The molecule has 0 bridgehead atoms. The van der Waals surface area contributed by atoms with Gasteiger partial charge in [-0.3, -0.25) is 4.79 Å². The number of nitrogens with one attached hydrogen (secondary N) is 2. The number of hydrogen-bond donors (Lipinski definition) is 2. The van der Waals surface area contributed by atoms with Crippen LogP contribution in [0.2, 0.25) is 0 Å². The lowest BCUT2D eigenvalue weighted by Crippen LogP contribution is -2.45. The monoisotopic (exact) mass is 292 g/mol. The number of hydrogen-bond acceptors (Lipinski definition) is 2. The normalized spacial score (nSPS) is 20.3. The van der Waals surface area contributed by atoms with Crippen molar-refractivity contribution in [2.24, 2.45) is 0 Å². The standard InChI is InChI=1S/C19H20N2O/c22-19(18-17-8-4-3-5-13(17)9-10-20-18)21-16-11-14-6-1-2-7-15(14)12-16/h1-8,16,18,20H,9-12H2,(H,21,22). The minimum Gasteiger partial charge on any atom is -0.351 e.